The second kappa shape index (κ2) is 6.29. The normalized spacial score (nSPS) is 16.4. The largest absolute Gasteiger partial charge is 0.331 e. The summed E-state index contributed by atoms with van der Waals surface area (Å²) in [4.78, 5) is 36.8. The SMILES string of the molecule is Cc1ccc(-n2c(C)cc(/C=C3/C(=O)NC(=O)N(C)C3=O)c2C)c(C)c1. The van der Waals surface area contributed by atoms with Crippen molar-refractivity contribution >= 4 is 23.9 Å². The van der Waals surface area contributed by atoms with Crippen LogP contribution in [0.3, 0.4) is 0 Å². The highest BCUT2D eigenvalue weighted by Gasteiger charge is 2.33. The first-order valence-corrected chi connectivity index (χ1v) is 8.32. The minimum absolute atomic E-state index is 0.0482. The maximum atomic E-state index is 12.3. The van der Waals surface area contributed by atoms with Crippen LogP contribution >= 0.6 is 0 Å². The van der Waals surface area contributed by atoms with Gasteiger partial charge in [-0.2, -0.15) is 0 Å². The molecule has 0 saturated carbocycles. The van der Waals surface area contributed by atoms with Crippen molar-refractivity contribution in [2.45, 2.75) is 27.7 Å². The van der Waals surface area contributed by atoms with Gasteiger partial charge in [-0.05, 0) is 57.0 Å². The van der Waals surface area contributed by atoms with E-state index in [1.54, 1.807) is 6.08 Å². The van der Waals surface area contributed by atoms with E-state index in [-0.39, 0.29) is 5.57 Å². The number of nitrogens with zero attached hydrogens (tertiary/aromatic N) is 2. The molecule has 0 atom stereocenters. The van der Waals surface area contributed by atoms with Gasteiger partial charge in [-0.3, -0.25) is 19.8 Å². The van der Waals surface area contributed by atoms with Crippen molar-refractivity contribution in [3.05, 3.63) is 57.9 Å². The quantitative estimate of drug-likeness (QED) is 0.668. The summed E-state index contributed by atoms with van der Waals surface area (Å²) in [5, 5.41) is 2.17. The van der Waals surface area contributed by atoms with E-state index in [0.717, 1.165) is 33.1 Å². The van der Waals surface area contributed by atoms with Crippen molar-refractivity contribution in [3.63, 3.8) is 0 Å². The van der Waals surface area contributed by atoms with Gasteiger partial charge in [0, 0.05) is 24.1 Å². The Kier molecular flexibility index (Phi) is 4.28. The van der Waals surface area contributed by atoms with Crippen LogP contribution in [-0.2, 0) is 9.59 Å². The van der Waals surface area contributed by atoms with Gasteiger partial charge < -0.3 is 4.57 Å². The van der Waals surface area contributed by atoms with Gasteiger partial charge in [0.1, 0.15) is 5.57 Å². The molecule has 3 rings (SSSR count). The Morgan fingerprint density at radius 1 is 1.00 bits per heavy atom. The number of urea groups is 1. The summed E-state index contributed by atoms with van der Waals surface area (Å²) in [7, 11) is 1.34. The molecule has 6 heteroatoms. The third-order valence-electron chi connectivity index (χ3n) is 4.67. The lowest BCUT2D eigenvalue weighted by Crippen LogP contribution is -2.52. The molecule has 26 heavy (non-hydrogen) atoms. The van der Waals surface area contributed by atoms with Gasteiger partial charge in [-0.25, -0.2) is 4.79 Å². The molecule has 134 valence electrons. The molecule has 2 aromatic rings. The van der Waals surface area contributed by atoms with Gasteiger partial charge in [-0.15, -0.1) is 0 Å². The van der Waals surface area contributed by atoms with Crippen LogP contribution in [0.2, 0.25) is 0 Å². The maximum Gasteiger partial charge on any atom is 0.331 e. The number of carbonyl (C=O) groups excluding carboxylic acids is 3. The van der Waals surface area contributed by atoms with E-state index in [1.807, 2.05) is 26.8 Å². The summed E-state index contributed by atoms with van der Waals surface area (Å²) in [5.41, 5.74) is 6.02. The molecule has 0 radical (unpaired) electrons. The van der Waals surface area contributed by atoms with E-state index in [1.165, 1.54) is 12.6 Å². The van der Waals surface area contributed by atoms with Crippen LogP contribution in [-0.4, -0.2) is 34.4 Å². The molecule has 1 saturated heterocycles. The lowest BCUT2D eigenvalue weighted by molar-refractivity contribution is -0.129. The number of hydrogen-bond acceptors (Lipinski definition) is 3. The van der Waals surface area contributed by atoms with E-state index >= 15 is 0 Å². The summed E-state index contributed by atoms with van der Waals surface area (Å²) < 4.78 is 2.10. The van der Waals surface area contributed by atoms with Crippen molar-refractivity contribution in [2.75, 3.05) is 7.05 Å². The highest BCUT2D eigenvalue weighted by Crippen LogP contribution is 2.26. The first-order valence-electron chi connectivity index (χ1n) is 8.32. The molecule has 0 spiro atoms. The van der Waals surface area contributed by atoms with Gasteiger partial charge in [0.05, 0.1) is 0 Å². The third kappa shape index (κ3) is 2.83. The van der Waals surface area contributed by atoms with Crippen molar-refractivity contribution in [2.24, 2.45) is 0 Å². The molecule has 6 nitrogen and oxygen atoms in total. The van der Waals surface area contributed by atoms with Crippen LogP contribution in [0.15, 0.2) is 29.8 Å². The van der Waals surface area contributed by atoms with Crippen LogP contribution in [0.25, 0.3) is 11.8 Å². The fourth-order valence-corrected chi connectivity index (χ4v) is 3.26. The van der Waals surface area contributed by atoms with E-state index < -0.39 is 17.8 Å². The maximum absolute atomic E-state index is 12.3. The molecule has 1 aliphatic rings. The minimum Gasteiger partial charge on any atom is -0.318 e. The zero-order valence-electron chi connectivity index (χ0n) is 15.5. The van der Waals surface area contributed by atoms with Crippen LogP contribution in [0.5, 0.6) is 0 Å². The smallest absolute Gasteiger partial charge is 0.318 e. The van der Waals surface area contributed by atoms with Gasteiger partial charge in [0.15, 0.2) is 0 Å². The molecule has 1 fully saturated rings. The number of aryl methyl sites for hydroxylation is 3. The van der Waals surface area contributed by atoms with E-state index in [2.05, 4.69) is 35.0 Å². The van der Waals surface area contributed by atoms with E-state index in [0.29, 0.717) is 0 Å². The lowest BCUT2D eigenvalue weighted by Gasteiger charge is -2.22. The van der Waals surface area contributed by atoms with Crippen molar-refractivity contribution in [1.82, 2.24) is 14.8 Å². The molecule has 1 aromatic heterocycles. The number of imide groups is 2. The summed E-state index contributed by atoms with van der Waals surface area (Å²) in [6.07, 6.45) is 1.54. The van der Waals surface area contributed by atoms with Crippen molar-refractivity contribution in [3.8, 4) is 5.69 Å². The van der Waals surface area contributed by atoms with Crippen LogP contribution in [0.4, 0.5) is 4.79 Å². The van der Waals surface area contributed by atoms with Gasteiger partial charge in [0.25, 0.3) is 11.8 Å². The van der Waals surface area contributed by atoms with E-state index in [9.17, 15) is 14.4 Å². The topological polar surface area (TPSA) is 71.4 Å². The third-order valence-corrected chi connectivity index (χ3v) is 4.67. The van der Waals surface area contributed by atoms with Crippen molar-refractivity contribution in [1.29, 1.82) is 0 Å². The molecule has 1 aliphatic heterocycles. The summed E-state index contributed by atoms with van der Waals surface area (Å²) in [6, 6.07) is 7.45. The molecule has 1 N–H and O–H groups in total. The molecule has 4 amide bonds. The number of amides is 4. The number of hydrogen-bond donors (Lipinski definition) is 1. The van der Waals surface area contributed by atoms with Gasteiger partial charge in [-0.1, -0.05) is 17.7 Å². The van der Waals surface area contributed by atoms with Crippen molar-refractivity contribution < 1.29 is 14.4 Å². The highest BCUT2D eigenvalue weighted by atomic mass is 16.2. The Balaban J connectivity index is 2.10. The number of carbonyl (C=O) groups is 3. The molecule has 0 unspecified atom stereocenters. The molecule has 0 bridgehead atoms. The number of nitrogens with one attached hydrogen (secondary N) is 1. The molecule has 2 heterocycles. The molecule has 1 aromatic carbocycles. The second-order valence-electron chi connectivity index (χ2n) is 6.63. The number of barbiturate groups is 1. The van der Waals surface area contributed by atoms with Crippen LogP contribution < -0.4 is 5.32 Å². The fourth-order valence-electron chi connectivity index (χ4n) is 3.26. The Labute approximate surface area is 152 Å². The van der Waals surface area contributed by atoms with Crippen LogP contribution in [0.1, 0.15) is 28.1 Å². The van der Waals surface area contributed by atoms with Gasteiger partial charge in [0.2, 0.25) is 0 Å². The molecular formula is C20H21N3O3. The first-order chi connectivity index (χ1) is 12.2. The fraction of sp³-hybridized carbons (Fsp3) is 0.250. The minimum atomic E-state index is -0.710. The monoisotopic (exact) mass is 351 g/mol. The predicted molar refractivity (Wildman–Crippen MR) is 99.0 cm³/mol. The second-order valence-corrected chi connectivity index (χ2v) is 6.63. The Morgan fingerprint density at radius 2 is 1.69 bits per heavy atom. The zero-order valence-corrected chi connectivity index (χ0v) is 15.5. The zero-order chi connectivity index (χ0) is 19.2. The predicted octanol–water partition coefficient (Wildman–Crippen LogP) is 2.80. The average molecular weight is 351 g/mol. The Bertz CT molecular complexity index is 982. The van der Waals surface area contributed by atoms with Crippen LogP contribution in [0, 0.1) is 27.7 Å². The number of rotatable bonds is 2. The first kappa shape index (κ1) is 17.7. The summed E-state index contributed by atoms with van der Waals surface area (Å²) in [5.74, 6) is -1.27. The van der Waals surface area contributed by atoms with E-state index in [4.69, 9.17) is 0 Å². The summed E-state index contributed by atoms with van der Waals surface area (Å²) in [6.45, 7) is 8.02. The Morgan fingerprint density at radius 3 is 2.35 bits per heavy atom. The average Bonchev–Trinajstić information content (AvgIpc) is 2.84. The lowest BCUT2D eigenvalue weighted by atomic mass is 10.1. The number of likely N-dealkylation sites (N-methyl/N-ethyl adjacent to an activating group) is 1. The standard InChI is InChI=1S/C20H21N3O3/c1-11-6-7-17(12(2)8-11)23-13(3)9-15(14(23)4)10-16-18(24)21-20(26)22(5)19(16)25/h6-10H,1-5H3,(H,21,24,26)/b16-10-. The van der Waals surface area contributed by atoms with Gasteiger partial charge >= 0.3 is 6.03 Å². The molecular weight excluding hydrogens is 330 g/mol. The Hall–Kier alpha value is -3.15. The number of aromatic nitrogens is 1. The summed E-state index contributed by atoms with van der Waals surface area (Å²) >= 11 is 0. The molecule has 0 aliphatic carbocycles. The number of benzene rings is 1. The highest BCUT2D eigenvalue weighted by molar-refractivity contribution is 6.30.